The molecule has 0 aliphatic carbocycles. The third-order valence-electron chi connectivity index (χ3n) is 4.00. The smallest absolute Gasteiger partial charge is 0.239 e. The van der Waals surface area contributed by atoms with Crippen molar-refractivity contribution in [3.05, 3.63) is 59.7 Å². The van der Waals surface area contributed by atoms with Gasteiger partial charge in [0.1, 0.15) is 11.5 Å². The quantitative estimate of drug-likeness (QED) is 0.788. The average Bonchev–Trinajstić information content (AvgIpc) is 2.66. The summed E-state index contributed by atoms with van der Waals surface area (Å²) in [6, 6.07) is 14.9. The molecule has 0 atom stereocenters. The molecule has 0 saturated heterocycles. The highest BCUT2D eigenvalue weighted by Gasteiger charge is 2.16. The van der Waals surface area contributed by atoms with Crippen LogP contribution in [-0.2, 0) is 22.7 Å². The predicted molar refractivity (Wildman–Crippen MR) is 98.9 cm³/mol. The van der Waals surface area contributed by atoms with Crippen molar-refractivity contribution in [1.82, 2.24) is 10.2 Å². The summed E-state index contributed by atoms with van der Waals surface area (Å²) in [5.74, 6) is 0.989. The highest BCUT2D eigenvalue weighted by molar-refractivity contribution is 5.83. The summed E-state index contributed by atoms with van der Waals surface area (Å²) in [7, 11) is 3.17. The number of methoxy groups -OCH3 is 2. The number of ether oxygens (including phenoxy) is 2. The molecule has 2 amide bonds. The molecule has 2 aromatic carbocycles. The Hall–Kier alpha value is -3.02. The lowest BCUT2D eigenvalue weighted by molar-refractivity contribution is -0.135. The second-order valence-electron chi connectivity index (χ2n) is 5.78. The van der Waals surface area contributed by atoms with Crippen molar-refractivity contribution in [2.24, 2.45) is 0 Å². The van der Waals surface area contributed by atoms with Crippen molar-refractivity contribution in [1.29, 1.82) is 0 Å². The van der Waals surface area contributed by atoms with Crippen LogP contribution < -0.4 is 14.8 Å². The molecule has 0 bridgehead atoms. The van der Waals surface area contributed by atoms with Crippen LogP contribution in [0.1, 0.15) is 18.1 Å². The summed E-state index contributed by atoms with van der Waals surface area (Å²) in [6.45, 7) is 2.07. The number of amides is 2. The number of carbonyl (C=O) groups is 2. The number of benzene rings is 2. The number of rotatable bonds is 8. The Kier molecular flexibility index (Phi) is 7.02. The van der Waals surface area contributed by atoms with E-state index in [1.54, 1.807) is 14.2 Å². The third-order valence-corrected chi connectivity index (χ3v) is 4.00. The van der Waals surface area contributed by atoms with Crippen molar-refractivity contribution in [3.63, 3.8) is 0 Å². The maximum Gasteiger partial charge on any atom is 0.239 e. The standard InChI is InChI=1S/C20H24N2O4/c1-15(23)22(13-17-9-5-7-11-19(17)26-3)14-20(24)21-12-16-8-4-6-10-18(16)25-2/h4-11H,12-14H2,1-3H3,(H,21,24). The number of hydrogen-bond donors (Lipinski definition) is 1. The van der Waals surface area contributed by atoms with Crippen LogP contribution in [0.5, 0.6) is 11.5 Å². The maximum atomic E-state index is 12.3. The Labute approximate surface area is 153 Å². The van der Waals surface area contributed by atoms with Gasteiger partial charge >= 0.3 is 0 Å². The van der Waals surface area contributed by atoms with Crippen molar-refractivity contribution in [2.45, 2.75) is 20.0 Å². The second-order valence-corrected chi connectivity index (χ2v) is 5.78. The molecule has 1 N–H and O–H groups in total. The molecular weight excluding hydrogens is 332 g/mol. The summed E-state index contributed by atoms with van der Waals surface area (Å²) in [5.41, 5.74) is 1.73. The minimum atomic E-state index is -0.235. The SMILES string of the molecule is COc1ccccc1CNC(=O)CN(Cc1ccccc1OC)C(C)=O. The lowest BCUT2D eigenvalue weighted by Gasteiger charge is -2.22. The molecule has 0 spiro atoms. The summed E-state index contributed by atoms with van der Waals surface area (Å²) in [6.07, 6.45) is 0. The van der Waals surface area contributed by atoms with Crippen LogP contribution in [0.25, 0.3) is 0 Å². The fourth-order valence-electron chi connectivity index (χ4n) is 2.59. The minimum Gasteiger partial charge on any atom is -0.496 e. The first kappa shape index (κ1) is 19.3. The highest BCUT2D eigenvalue weighted by Crippen LogP contribution is 2.19. The molecule has 0 fully saturated rings. The van der Waals surface area contributed by atoms with Gasteiger partial charge in [0, 0.05) is 31.1 Å². The van der Waals surface area contributed by atoms with E-state index < -0.39 is 0 Å². The fraction of sp³-hybridized carbons (Fsp3) is 0.300. The number of hydrogen-bond acceptors (Lipinski definition) is 4. The van der Waals surface area contributed by atoms with Crippen LogP contribution in [0.15, 0.2) is 48.5 Å². The molecule has 26 heavy (non-hydrogen) atoms. The van der Waals surface area contributed by atoms with E-state index in [2.05, 4.69) is 5.32 Å². The van der Waals surface area contributed by atoms with Crippen LogP contribution in [0.3, 0.4) is 0 Å². The van der Waals surface area contributed by atoms with Gasteiger partial charge in [0.05, 0.1) is 20.8 Å². The second kappa shape index (κ2) is 9.46. The molecule has 0 unspecified atom stereocenters. The highest BCUT2D eigenvalue weighted by atomic mass is 16.5. The van der Waals surface area contributed by atoms with Crippen molar-refractivity contribution >= 4 is 11.8 Å². The van der Waals surface area contributed by atoms with Gasteiger partial charge in [0.25, 0.3) is 0 Å². The number of carbonyl (C=O) groups excluding carboxylic acids is 2. The Morgan fingerprint density at radius 1 is 0.923 bits per heavy atom. The fourth-order valence-corrected chi connectivity index (χ4v) is 2.59. The van der Waals surface area contributed by atoms with Crippen molar-refractivity contribution < 1.29 is 19.1 Å². The van der Waals surface area contributed by atoms with Crippen molar-refractivity contribution in [2.75, 3.05) is 20.8 Å². The van der Waals surface area contributed by atoms with E-state index >= 15 is 0 Å². The molecule has 138 valence electrons. The van der Waals surface area contributed by atoms with E-state index in [0.29, 0.717) is 24.6 Å². The zero-order valence-corrected chi connectivity index (χ0v) is 15.3. The minimum absolute atomic E-state index is 0.0253. The molecule has 6 nitrogen and oxygen atoms in total. The van der Waals surface area contributed by atoms with Gasteiger partial charge in [-0.15, -0.1) is 0 Å². The van der Waals surface area contributed by atoms with E-state index in [1.807, 2.05) is 48.5 Å². The van der Waals surface area contributed by atoms with Gasteiger partial charge in [-0.2, -0.15) is 0 Å². The van der Waals surface area contributed by atoms with E-state index in [4.69, 9.17) is 9.47 Å². The predicted octanol–water partition coefficient (Wildman–Crippen LogP) is 2.37. The van der Waals surface area contributed by atoms with Gasteiger partial charge in [0.15, 0.2) is 0 Å². The van der Waals surface area contributed by atoms with Gasteiger partial charge in [0.2, 0.25) is 11.8 Å². The summed E-state index contributed by atoms with van der Waals surface area (Å²) < 4.78 is 10.6. The molecule has 0 aliphatic heterocycles. The first-order valence-corrected chi connectivity index (χ1v) is 8.31. The molecule has 2 aromatic rings. The molecule has 2 rings (SSSR count). The Balaban J connectivity index is 1.98. The van der Waals surface area contributed by atoms with E-state index in [1.165, 1.54) is 11.8 Å². The number of nitrogens with one attached hydrogen (secondary N) is 1. The summed E-state index contributed by atoms with van der Waals surface area (Å²) in [5, 5.41) is 2.83. The number of para-hydroxylation sites is 2. The molecule has 6 heteroatoms. The summed E-state index contributed by atoms with van der Waals surface area (Å²) >= 11 is 0. The first-order chi connectivity index (χ1) is 12.5. The largest absolute Gasteiger partial charge is 0.496 e. The van der Waals surface area contributed by atoms with Gasteiger partial charge in [-0.3, -0.25) is 9.59 Å². The number of nitrogens with zero attached hydrogens (tertiary/aromatic N) is 1. The van der Waals surface area contributed by atoms with E-state index in [-0.39, 0.29) is 18.4 Å². The lowest BCUT2D eigenvalue weighted by Crippen LogP contribution is -2.39. The monoisotopic (exact) mass is 356 g/mol. The molecular formula is C20H24N2O4. The van der Waals surface area contributed by atoms with E-state index in [0.717, 1.165) is 11.1 Å². The lowest BCUT2D eigenvalue weighted by atomic mass is 10.2. The van der Waals surface area contributed by atoms with Crippen LogP contribution >= 0.6 is 0 Å². The topological polar surface area (TPSA) is 67.9 Å². The molecule has 0 heterocycles. The molecule has 0 aliphatic rings. The van der Waals surface area contributed by atoms with E-state index in [9.17, 15) is 9.59 Å². The Bertz CT molecular complexity index is 761. The van der Waals surface area contributed by atoms with Crippen molar-refractivity contribution in [3.8, 4) is 11.5 Å². The van der Waals surface area contributed by atoms with Crippen LogP contribution in [0.2, 0.25) is 0 Å². The normalized spacial score (nSPS) is 10.1. The van der Waals surface area contributed by atoms with Crippen LogP contribution in [0.4, 0.5) is 0 Å². The molecule has 0 aromatic heterocycles. The summed E-state index contributed by atoms with van der Waals surface area (Å²) in [4.78, 5) is 25.7. The molecule has 0 radical (unpaired) electrons. The zero-order chi connectivity index (χ0) is 18.9. The Morgan fingerprint density at radius 3 is 2.04 bits per heavy atom. The van der Waals surface area contributed by atoms with Gasteiger partial charge < -0.3 is 19.7 Å². The maximum absolute atomic E-state index is 12.3. The molecule has 0 saturated carbocycles. The van der Waals surface area contributed by atoms with Gasteiger partial charge in [-0.05, 0) is 12.1 Å². The van der Waals surface area contributed by atoms with Gasteiger partial charge in [-0.25, -0.2) is 0 Å². The van der Waals surface area contributed by atoms with Crippen LogP contribution in [-0.4, -0.2) is 37.5 Å². The van der Waals surface area contributed by atoms with Gasteiger partial charge in [-0.1, -0.05) is 36.4 Å². The third kappa shape index (κ3) is 5.24. The first-order valence-electron chi connectivity index (χ1n) is 8.31. The zero-order valence-electron chi connectivity index (χ0n) is 15.3. The Morgan fingerprint density at radius 2 is 1.46 bits per heavy atom. The average molecular weight is 356 g/mol. The van der Waals surface area contributed by atoms with Crippen LogP contribution in [0, 0.1) is 0 Å².